The van der Waals surface area contributed by atoms with E-state index < -0.39 is 5.60 Å². The summed E-state index contributed by atoms with van der Waals surface area (Å²) in [5.41, 5.74) is 2.31. The number of piperidine rings is 1. The lowest BCUT2D eigenvalue weighted by atomic mass is 9.72. The predicted octanol–water partition coefficient (Wildman–Crippen LogP) is 4.08. The number of nitrogens with zero attached hydrogens (tertiary/aromatic N) is 1. The van der Waals surface area contributed by atoms with Gasteiger partial charge in [0.25, 0.3) is 0 Å². The van der Waals surface area contributed by atoms with Gasteiger partial charge in [-0.25, -0.2) is 4.79 Å². The van der Waals surface area contributed by atoms with Crippen LogP contribution in [0.3, 0.4) is 0 Å². The Hall–Kier alpha value is -1.81. The smallest absolute Gasteiger partial charge is 0.410 e. The molecule has 1 amide bonds. The minimum Gasteiger partial charge on any atom is -0.444 e. The van der Waals surface area contributed by atoms with Crippen LogP contribution in [0, 0.1) is 0 Å². The number of carbonyl (C=O) groups excluding carboxylic acids is 1. The summed E-state index contributed by atoms with van der Waals surface area (Å²) in [4.78, 5) is 14.2. The third kappa shape index (κ3) is 3.59. The average molecular weight is 343 g/mol. The van der Waals surface area contributed by atoms with E-state index in [2.05, 4.69) is 30.8 Å². The molecule has 1 aliphatic carbocycles. The van der Waals surface area contributed by atoms with Crippen LogP contribution in [0.5, 0.6) is 0 Å². The SMILES string of the molecule is C=CCO[C@H]1Cc2ccccc2C12CCN(C(=O)OC(C)(C)C)CC2. The zero-order chi connectivity index (χ0) is 18.1. The van der Waals surface area contributed by atoms with Crippen LogP contribution >= 0.6 is 0 Å². The number of hydrogen-bond donors (Lipinski definition) is 0. The topological polar surface area (TPSA) is 38.8 Å². The Kier molecular flexibility index (Phi) is 4.92. The highest BCUT2D eigenvalue weighted by Crippen LogP contribution is 2.47. The fourth-order valence-electron chi connectivity index (χ4n) is 4.16. The second-order valence-corrected chi connectivity index (χ2v) is 8.10. The summed E-state index contributed by atoms with van der Waals surface area (Å²) in [6, 6.07) is 8.64. The van der Waals surface area contributed by atoms with Crippen molar-refractivity contribution in [3.8, 4) is 0 Å². The van der Waals surface area contributed by atoms with Gasteiger partial charge in [0.2, 0.25) is 0 Å². The van der Waals surface area contributed by atoms with E-state index in [4.69, 9.17) is 9.47 Å². The van der Waals surface area contributed by atoms with Gasteiger partial charge in [0.1, 0.15) is 5.60 Å². The maximum atomic E-state index is 12.4. The second-order valence-electron chi connectivity index (χ2n) is 8.10. The Morgan fingerprint density at radius 1 is 1.32 bits per heavy atom. The average Bonchev–Trinajstić information content (AvgIpc) is 2.86. The van der Waals surface area contributed by atoms with Crippen molar-refractivity contribution in [2.24, 2.45) is 0 Å². The molecule has 1 aliphatic heterocycles. The molecule has 1 aromatic rings. The molecule has 0 unspecified atom stereocenters. The summed E-state index contributed by atoms with van der Waals surface area (Å²) in [5.74, 6) is 0. The number of ether oxygens (including phenoxy) is 2. The zero-order valence-electron chi connectivity index (χ0n) is 15.6. The van der Waals surface area contributed by atoms with Crippen LogP contribution in [0.4, 0.5) is 4.79 Å². The molecule has 0 bridgehead atoms. The molecule has 1 fully saturated rings. The molecule has 0 aromatic heterocycles. The molecule has 136 valence electrons. The van der Waals surface area contributed by atoms with Gasteiger partial charge in [-0.2, -0.15) is 0 Å². The van der Waals surface area contributed by atoms with E-state index in [0.717, 1.165) is 19.3 Å². The minimum absolute atomic E-state index is 0.00187. The molecule has 25 heavy (non-hydrogen) atoms. The Labute approximate surface area is 150 Å². The van der Waals surface area contributed by atoms with E-state index in [9.17, 15) is 4.79 Å². The molecule has 4 heteroatoms. The van der Waals surface area contributed by atoms with Gasteiger partial charge in [0.05, 0.1) is 12.7 Å². The normalized spacial score (nSPS) is 21.9. The Balaban J connectivity index is 1.76. The van der Waals surface area contributed by atoms with Gasteiger partial charge < -0.3 is 14.4 Å². The third-order valence-corrected chi connectivity index (χ3v) is 5.30. The van der Waals surface area contributed by atoms with Gasteiger partial charge in [-0.3, -0.25) is 0 Å². The highest BCUT2D eigenvalue weighted by molar-refractivity contribution is 5.68. The number of fused-ring (bicyclic) bond motifs is 2. The van der Waals surface area contributed by atoms with Gasteiger partial charge in [-0.1, -0.05) is 30.3 Å². The fraction of sp³-hybridized carbons (Fsp3) is 0.571. The third-order valence-electron chi connectivity index (χ3n) is 5.30. The first-order valence-corrected chi connectivity index (χ1v) is 9.14. The van der Waals surface area contributed by atoms with E-state index in [1.54, 1.807) is 0 Å². The number of amides is 1. The number of carbonyl (C=O) groups is 1. The highest BCUT2D eigenvalue weighted by atomic mass is 16.6. The van der Waals surface area contributed by atoms with Crippen molar-refractivity contribution in [1.29, 1.82) is 0 Å². The first kappa shape index (κ1) is 18.0. The molecule has 1 saturated heterocycles. The van der Waals surface area contributed by atoms with Crippen molar-refractivity contribution in [2.45, 2.75) is 57.2 Å². The molecular formula is C21H29NO3. The van der Waals surface area contributed by atoms with Gasteiger partial charge in [0, 0.05) is 18.5 Å². The highest BCUT2D eigenvalue weighted by Gasteiger charge is 2.49. The Bertz CT molecular complexity index is 639. The Morgan fingerprint density at radius 2 is 2.00 bits per heavy atom. The summed E-state index contributed by atoms with van der Waals surface area (Å²) < 4.78 is 11.7. The maximum Gasteiger partial charge on any atom is 0.410 e. The molecule has 2 aliphatic rings. The maximum absolute atomic E-state index is 12.4. The van der Waals surface area contributed by atoms with Crippen LogP contribution in [-0.2, 0) is 21.3 Å². The van der Waals surface area contributed by atoms with Gasteiger partial charge in [0.15, 0.2) is 0 Å². The number of likely N-dealkylation sites (tertiary alicyclic amines) is 1. The summed E-state index contributed by atoms with van der Waals surface area (Å²) in [6.45, 7) is 11.5. The summed E-state index contributed by atoms with van der Waals surface area (Å²) >= 11 is 0. The molecule has 1 aromatic carbocycles. The van der Waals surface area contributed by atoms with Crippen LogP contribution in [0.2, 0.25) is 0 Å². The van der Waals surface area contributed by atoms with Crippen molar-refractivity contribution >= 4 is 6.09 Å². The number of rotatable bonds is 3. The molecule has 1 spiro atoms. The minimum atomic E-state index is -0.457. The monoisotopic (exact) mass is 343 g/mol. The van der Waals surface area contributed by atoms with Crippen molar-refractivity contribution in [1.82, 2.24) is 4.90 Å². The van der Waals surface area contributed by atoms with E-state index in [-0.39, 0.29) is 17.6 Å². The van der Waals surface area contributed by atoms with Gasteiger partial charge >= 0.3 is 6.09 Å². The first-order valence-electron chi connectivity index (χ1n) is 9.14. The summed E-state index contributed by atoms with van der Waals surface area (Å²) in [6.07, 6.45) is 4.51. The number of hydrogen-bond acceptors (Lipinski definition) is 3. The molecule has 1 atom stereocenters. The van der Waals surface area contributed by atoms with Crippen molar-refractivity contribution in [3.05, 3.63) is 48.0 Å². The van der Waals surface area contributed by atoms with Crippen molar-refractivity contribution in [2.75, 3.05) is 19.7 Å². The van der Waals surface area contributed by atoms with E-state index in [1.165, 1.54) is 11.1 Å². The number of benzene rings is 1. The molecule has 0 N–H and O–H groups in total. The first-order chi connectivity index (χ1) is 11.9. The fourth-order valence-corrected chi connectivity index (χ4v) is 4.16. The Morgan fingerprint density at radius 3 is 2.64 bits per heavy atom. The predicted molar refractivity (Wildman–Crippen MR) is 98.8 cm³/mol. The van der Waals surface area contributed by atoms with Crippen LogP contribution < -0.4 is 0 Å². The van der Waals surface area contributed by atoms with Crippen LogP contribution in [0.25, 0.3) is 0 Å². The lowest BCUT2D eigenvalue weighted by Crippen LogP contribution is -2.50. The standard InChI is InChI=1S/C21H29NO3/c1-5-14-24-18-15-16-8-6-7-9-17(16)21(18)10-12-22(13-11-21)19(23)25-20(2,3)4/h5-9,18H,1,10-15H2,2-4H3/t18-/m0/s1. The van der Waals surface area contributed by atoms with Crippen LogP contribution in [-0.4, -0.2) is 42.4 Å². The largest absolute Gasteiger partial charge is 0.444 e. The summed E-state index contributed by atoms with van der Waals surface area (Å²) in [7, 11) is 0. The quantitative estimate of drug-likeness (QED) is 0.776. The molecule has 0 saturated carbocycles. The molecule has 0 radical (unpaired) electrons. The van der Waals surface area contributed by atoms with Crippen molar-refractivity contribution in [3.63, 3.8) is 0 Å². The molecule has 1 heterocycles. The zero-order valence-corrected chi connectivity index (χ0v) is 15.6. The van der Waals surface area contributed by atoms with Gasteiger partial charge in [-0.15, -0.1) is 6.58 Å². The van der Waals surface area contributed by atoms with Gasteiger partial charge in [-0.05, 0) is 51.2 Å². The molecule has 4 nitrogen and oxygen atoms in total. The van der Waals surface area contributed by atoms with E-state index in [1.807, 2.05) is 31.7 Å². The van der Waals surface area contributed by atoms with E-state index in [0.29, 0.717) is 19.7 Å². The second kappa shape index (κ2) is 6.83. The lowest BCUT2D eigenvalue weighted by molar-refractivity contribution is -0.0181. The van der Waals surface area contributed by atoms with E-state index >= 15 is 0 Å². The molecular weight excluding hydrogens is 314 g/mol. The van der Waals surface area contributed by atoms with Crippen LogP contribution in [0.1, 0.15) is 44.7 Å². The van der Waals surface area contributed by atoms with Crippen molar-refractivity contribution < 1.29 is 14.3 Å². The molecule has 3 rings (SSSR count). The van der Waals surface area contributed by atoms with Crippen LogP contribution in [0.15, 0.2) is 36.9 Å². The lowest BCUT2D eigenvalue weighted by Gasteiger charge is -2.43. The summed E-state index contributed by atoms with van der Waals surface area (Å²) in [5, 5.41) is 0.